The fourth-order valence-corrected chi connectivity index (χ4v) is 1.89. The zero-order chi connectivity index (χ0) is 10.4. The zero-order valence-electron chi connectivity index (χ0n) is 8.74. The molecule has 1 aliphatic rings. The summed E-state index contributed by atoms with van der Waals surface area (Å²) in [4.78, 5) is 14.1. The average Bonchev–Trinajstić information content (AvgIpc) is 2.15. The van der Waals surface area contributed by atoms with E-state index in [1.807, 2.05) is 0 Å². The summed E-state index contributed by atoms with van der Waals surface area (Å²) in [6.45, 7) is 2.43. The molecule has 0 spiro atoms. The van der Waals surface area contributed by atoms with Crippen LogP contribution in [0.15, 0.2) is 4.99 Å². The Morgan fingerprint density at radius 1 is 1.43 bits per heavy atom. The molecule has 0 atom stereocenters. The molecule has 4 nitrogen and oxygen atoms in total. The molecule has 4 heteroatoms. The Bertz CT molecular complexity index is 220. The number of aliphatic imine (C=N–C) groups is 1. The number of nitro groups is 1. The Morgan fingerprint density at radius 3 is 2.64 bits per heavy atom. The third-order valence-electron chi connectivity index (χ3n) is 2.70. The van der Waals surface area contributed by atoms with Crippen LogP contribution in [0.1, 0.15) is 39.0 Å². The first-order chi connectivity index (χ1) is 6.68. The Hall–Kier alpha value is -0.930. The first-order valence-electron chi connectivity index (χ1n) is 5.30. The van der Waals surface area contributed by atoms with Gasteiger partial charge >= 0.3 is 0 Å². The molecule has 1 fully saturated rings. The second-order valence-corrected chi connectivity index (χ2v) is 4.07. The molecule has 0 N–H and O–H groups in total. The van der Waals surface area contributed by atoms with Gasteiger partial charge in [-0.2, -0.15) is 0 Å². The van der Waals surface area contributed by atoms with Crippen LogP contribution in [0.5, 0.6) is 0 Å². The second kappa shape index (κ2) is 5.73. The molecule has 80 valence electrons. The lowest BCUT2D eigenvalue weighted by Crippen LogP contribution is -2.14. The summed E-state index contributed by atoms with van der Waals surface area (Å²) >= 11 is 0. The number of hydrogen-bond donors (Lipinski definition) is 0. The Balaban J connectivity index is 2.25. The topological polar surface area (TPSA) is 55.5 Å². The minimum atomic E-state index is -0.320. The van der Waals surface area contributed by atoms with Crippen molar-refractivity contribution in [2.75, 3.05) is 13.1 Å². The van der Waals surface area contributed by atoms with E-state index in [0.717, 1.165) is 6.54 Å². The third-order valence-corrected chi connectivity index (χ3v) is 2.70. The van der Waals surface area contributed by atoms with Crippen molar-refractivity contribution in [1.29, 1.82) is 0 Å². The molecule has 1 saturated carbocycles. The van der Waals surface area contributed by atoms with Gasteiger partial charge in [0.15, 0.2) is 0 Å². The molecule has 0 amide bonds. The predicted molar refractivity (Wildman–Crippen MR) is 56.4 cm³/mol. The first-order valence-corrected chi connectivity index (χ1v) is 5.30. The van der Waals surface area contributed by atoms with Gasteiger partial charge < -0.3 is 0 Å². The van der Waals surface area contributed by atoms with Crippen molar-refractivity contribution < 1.29 is 4.92 Å². The van der Waals surface area contributed by atoms with Crippen molar-refractivity contribution in [3.05, 3.63) is 10.1 Å². The maximum atomic E-state index is 10.2. The highest BCUT2D eigenvalue weighted by Gasteiger charge is 2.12. The summed E-state index contributed by atoms with van der Waals surface area (Å²) < 4.78 is 0. The Kier molecular flexibility index (Phi) is 4.56. The molecular weight excluding hydrogens is 180 g/mol. The minimum Gasteiger partial charge on any atom is -0.287 e. The summed E-state index contributed by atoms with van der Waals surface area (Å²) in [5, 5.41) is 10.2. The summed E-state index contributed by atoms with van der Waals surface area (Å²) in [6.07, 6.45) is 6.43. The van der Waals surface area contributed by atoms with E-state index in [1.54, 1.807) is 6.92 Å². The van der Waals surface area contributed by atoms with Gasteiger partial charge in [-0.05, 0) is 25.7 Å². The van der Waals surface area contributed by atoms with Crippen LogP contribution < -0.4 is 0 Å². The van der Waals surface area contributed by atoms with E-state index in [1.165, 1.54) is 32.1 Å². The molecule has 0 aromatic heterocycles. The van der Waals surface area contributed by atoms with Crippen molar-refractivity contribution >= 4 is 5.71 Å². The lowest BCUT2D eigenvalue weighted by molar-refractivity contribution is -0.463. The lowest BCUT2D eigenvalue weighted by Gasteiger charge is -2.19. The molecule has 14 heavy (non-hydrogen) atoms. The summed E-state index contributed by atoms with van der Waals surface area (Å²) in [5.41, 5.74) is 0.653. The summed E-state index contributed by atoms with van der Waals surface area (Å²) in [6, 6.07) is 0. The van der Waals surface area contributed by atoms with E-state index in [4.69, 9.17) is 0 Å². The minimum absolute atomic E-state index is 0.104. The molecule has 0 aromatic rings. The third kappa shape index (κ3) is 4.35. The zero-order valence-corrected chi connectivity index (χ0v) is 8.74. The molecule has 0 saturated heterocycles. The maximum absolute atomic E-state index is 10.2. The van der Waals surface area contributed by atoms with Gasteiger partial charge in [-0.15, -0.1) is 0 Å². The fraction of sp³-hybridized carbons (Fsp3) is 0.900. The van der Waals surface area contributed by atoms with Crippen LogP contribution >= 0.6 is 0 Å². The normalized spacial score (nSPS) is 19.6. The van der Waals surface area contributed by atoms with Crippen LogP contribution in [0.2, 0.25) is 0 Å². The lowest BCUT2D eigenvalue weighted by atomic mass is 9.89. The van der Waals surface area contributed by atoms with Gasteiger partial charge in [0.25, 0.3) is 0 Å². The van der Waals surface area contributed by atoms with Crippen LogP contribution in [-0.4, -0.2) is 23.7 Å². The predicted octanol–water partition coefficient (Wildman–Crippen LogP) is 2.30. The molecule has 0 radical (unpaired) electrons. The van der Waals surface area contributed by atoms with Crippen molar-refractivity contribution in [3.8, 4) is 0 Å². The largest absolute Gasteiger partial charge is 0.287 e. The molecule has 0 aliphatic heterocycles. The van der Waals surface area contributed by atoms with E-state index < -0.39 is 0 Å². The van der Waals surface area contributed by atoms with Gasteiger partial charge in [0, 0.05) is 11.5 Å². The first kappa shape index (κ1) is 11.1. The molecular formula is C10H18N2O2. The van der Waals surface area contributed by atoms with Gasteiger partial charge in [0.1, 0.15) is 0 Å². The summed E-state index contributed by atoms with van der Waals surface area (Å²) in [7, 11) is 0. The summed E-state index contributed by atoms with van der Waals surface area (Å²) in [5.74, 6) is 0.672. The van der Waals surface area contributed by atoms with Crippen LogP contribution in [-0.2, 0) is 0 Å². The molecule has 0 aromatic carbocycles. The number of rotatable bonds is 4. The number of nitrogens with zero attached hydrogens (tertiary/aromatic N) is 2. The standard InChI is InChI=1S/C10H18N2O2/c1-9(8-12(13)14)11-7-10-5-3-2-4-6-10/h10H,2-8H2,1H3. The highest BCUT2D eigenvalue weighted by atomic mass is 16.6. The van der Waals surface area contributed by atoms with E-state index in [2.05, 4.69) is 4.99 Å². The Morgan fingerprint density at radius 2 is 2.07 bits per heavy atom. The van der Waals surface area contributed by atoms with Gasteiger partial charge in [-0.3, -0.25) is 15.1 Å². The van der Waals surface area contributed by atoms with Crippen LogP contribution in [0, 0.1) is 16.0 Å². The van der Waals surface area contributed by atoms with Crippen molar-refractivity contribution in [2.45, 2.75) is 39.0 Å². The van der Waals surface area contributed by atoms with Crippen molar-refractivity contribution in [3.63, 3.8) is 0 Å². The highest BCUT2D eigenvalue weighted by Crippen LogP contribution is 2.23. The van der Waals surface area contributed by atoms with Crippen molar-refractivity contribution in [1.82, 2.24) is 0 Å². The fourth-order valence-electron chi connectivity index (χ4n) is 1.89. The van der Waals surface area contributed by atoms with Gasteiger partial charge in [0.2, 0.25) is 6.54 Å². The second-order valence-electron chi connectivity index (χ2n) is 4.07. The van der Waals surface area contributed by atoms with E-state index in [0.29, 0.717) is 11.6 Å². The van der Waals surface area contributed by atoms with Gasteiger partial charge in [-0.1, -0.05) is 19.3 Å². The van der Waals surface area contributed by atoms with Crippen LogP contribution in [0.4, 0.5) is 0 Å². The van der Waals surface area contributed by atoms with Crippen LogP contribution in [0.3, 0.4) is 0 Å². The molecule has 0 heterocycles. The van der Waals surface area contributed by atoms with Gasteiger partial charge in [0.05, 0.1) is 5.71 Å². The SMILES string of the molecule is CC(C[N+](=O)[O-])=NCC1CCCCC1. The highest BCUT2D eigenvalue weighted by molar-refractivity contribution is 5.82. The molecule has 0 unspecified atom stereocenters. The number of hydrogen-bond acceptors (Lipinski definition) is 3. The molecule has 1 rings (SSSR count). The monoisotopic (exact) mass is 198 g/mol. The van der Waals surface area contributed by atoms with Crippen LogP contribution in [0.25, 0.3) is 0 Å². The van der Waals surface area contributed by atoms with Gasteiger partial charge in [-0.25, -0.2) is 0 Å². The molecule has 0 bridgehead atoms. The van der Waals surface area contributed by atoms with E-state index >= 15 is 0 Å². The molecule has 1 aliphatic carbocycles. The smallest absolute Gasteiger partial charge is 0.241 e. The van der Waals surface area contributed by atoms with E-state index in [9.17, 15) is 10.1 Å². The maximum Gasteiger partial charge on any atom is 0.241 e. The van der Waals surface area contributed by atoms with Crippen molar-refractivity contribution in [2.24, 2.45) is 10.9 Å². The van der Waals surface area contributed by atoms with E-state index in [-0.39, 0.29) is 11.5 Å². The quantitative estimate of drug-likeness (QED) is 0.395. The average molecular weight is 198 g/mol. The Labute approximate surface area is 84.6 Å².